The molecule has 0 bridgehead atoms. The molecule has 1 unspecified atom stereocenters. The highest BCUT2D eigenvalue weighted by Gasteiger charge is 2.10. The van der Waals surface area contributed by atoms with Crippen molar-refractivity contribution in [1.82, 2.24) is 0 Å². The normalized spacial score (nSPS) is 12.9. The summed E-state index contributed by atoms with van der Waals surface area (Å²) >= 11 is 1.68. The van der Waals surface area contributed by atoms with Crippen LogP contribution in [0.1, 0.15) is 24.2 Å². The van der Waals surface area contributed by atoms with E-state index in [1.807, 2.05) is 6.92 Å². The van der Waals surface area contributed by atoms with Gasteiger partial charge in [0.15, 0.2) is 0 Å². The molecule has 0 radical (unpaired) electrons. The summed E-state index contributed by atoms with van der Waals surface area (Å²) in [7, 11) is 0. The van der Waals surface area contributed by atoms with Crippen LogP contribution >= 0.6 is 11.8 Å². The Morgan fingerprint density at radius 2 is 2.21 bits per heavy atom. The van der Waals surface area contributed by atoms with Crippen molar-refractivity contribution in [3.8, 4) is 0 Å². The molecule has 3 heteroatoms. The first-order valence-electron chi connectivity index (χ1n) is 4.67. The van der Waals surface area contributed by atoms with Gasteiger partial charge in [-0.15, -0.1) is 0 Å². The van der Waals surface area contributed by atoms with Crippen molar-refractivity contribution >= 4 is 11.8 Å². The summed E-state index contributed by atoms with van der Waals surface area (Å²) in [5, 5.41) is 9.78. The Labute approximate surface area is 88.3 Å². The third kappa shape index (κ3) is 3.00. The summed E-state index contributed by atoms with van der Waals surface area (Å²) in [5.41, 5.74) is 1.64. The Kier molecular flexibility index (Phi) is 4.42. The largest absolute Gasteiger partial charge is 0.388 e. The van der Waals surface area contributed by atoms with E-state index in [9.17, 15) is 9.50 Å². The van der Waals surface area contributed by atoms with Gasteiger partial charge in [0, 0.05) is 5.75 Å². The fourth-order valence-corrected chi connectivity index (χ4v) is 1.97. The molecule has 1 nitrogen and oxygen atoms in total. The van der Waals surface area contributed by atoms with Crippen LogP contribution in [0, 0.1) is 12.7 Å². The van der Waals surface area contributed by atoms with E-state index in [0.717, 1.165) is 16.9 Å². The molecule has 0 aliphatic heterocycles. The molecule has 1 aromatic carbocycles. The summed E-state index contributed by atoms with van der Waals surface area (Å²) in [6.07, 6.45) is -0.486. The quantitative estimate of drug-likeness (QED) is 0.831. The van der Waals surface area contributed by atoms with Gasteiger partial charge in [-0.05, 0) is 35.9 Å². The van der Waals surface area contributed by atoms with Crippen LogP contribution in [-0.2, 0) is 0 Å². The number of hydrogen-bond donors (Lipinski definition) is 1. The number of aryl methyl sites for hydroxylation is 1. The summed E-state index contributed by atoms with van der Waals surface area (Å²) in [4.78, 5) is 0. The van der Waals surface area contributed by atoms with Crippen LogP contribution in [0.25, 0.3) is 0 Å². The predicted molar refractivity (Wildman–Crippen MR) is 59.1 cm³/mol. The number of halogens is 1. The zero-order valence-corrected chi connectivity index (χ0v) is 9.27. The Hall–Kier alpha value is -0.540. The van der Waals surface area contributed by atoms with E-state index in [1.54, 1.807) is 17.8 Å². The molecule has 0 saturated heterocycles. The molecule has 0 heterocycles. The van der Waals surface area contributed by atoms with Gasteiger partial charge in [0.05, 0.1) is 6.10 Å². The first kappa shape index (κ1) is 11.5. The minimum atomic E-state index is -0.486. The third-order valence-corrected chi connectivity index (χ3v) is 3.03. The van der Waals surface area contributed by atoms with Gasteiger partial charge in [0.1, 0.15) is 5.82 Å². The lowest BCUT2D eigenvalue weighted by Crippen LogP contribution is -2.03. The van der Waals surface area contributed by atoms with E-state index in [4.69, 9.17) is 0 Å². The predicted octanol–water partition coefficient (Wildman–Crippen LogP) is 2.92. The standard InChI is InChI=1S/C11H15FOS/c1-3-14-7-11(13)10-5-4-9(12)6-8(10)2/h4-6,11,13H,3,7H2,1-2H3. The second-order valence-electron chi connectivity index (χ2n) is 3.18. The number of aliphatic hydroxyl groups is 1. The van der Waals surface area contributed by atoms with E-state index in [2.05, 4.69) is 6.92 Å². The Morgan fingerprint density at radius 3 is 2.79 bits per heavy atom. The lowest BCUT2D eigenvalue weighted by molar-refractivity contribution is 0.203. The average Bonchev–Trinajstić information content (AvgIpc) is 2.14. The van der Waals surface area contributed by atoms with Crippen molar-refractivity contribution in [2.24, 2.45) is 0 Å². The average molecular weight is 214 g/mol. The Morgan fingerprint density at radius 1 is 1.50 bits per heavy atom. The maximum absolute atomic E-state index is 12.8. The van der Waals surface area contributed by atoms with Gasteiger partial charge in [-0.25, -0.2) is 4.39 Å². The SMILES string of the molecule is CCSCC(O)c1ccc(F)cc1C. The van der Waals surface area contributed by atoms with Crippen LogP contribution in [-0.4, -0.2) is 16.6 Å². The molecule has 1 rings (SSSR count). The molecule has 1 aromatic rings. The molecule has 0 aliphatic carbocycles. The van der Waals surface area contributed by atoms with Crippen LogP contribution in [0.2, 0.25) is 0 Å². The van der Waals surface area contributed by atoms with Gasteiger partial charge >= 0.3 is 0 Å². The van der Waals surface area contributed by atoms with Crippen molar-refractivity contribution in [2.45, 2.75) is 20.0 Å². The second-order valence-corrected chi connectivity index (χ2v) is 4.50. The molecule has 1 N–H and O–H groups in total. The minimum Gasteiger partial charge on any atom is -0.388 e. The van der Waals surface area contributed by atoms with E-state index in [0.29, 0.717) is 5.75 Å². The van der Waals surface area contributed by atoms with Gasteiger partial charge < -0.3 is 5.11 Å². The third-order valence-electron chi connectivity index (χ3n) is 2.07. The first-order chi connectivity index (χ1) is 6.65. The van der Waals surface area contributed by atoms with Crippen LogP contribution in [0.3, 0.4) is 0 Å². The fraction of sp³-hybridized carbons (Fsp3) is 0.455. The number of aliphatic hydroxyl groups excluding tert-OH is 1. The maximum Gasteiger partial charge on any atom is 0.123 e. The molecule has 78 valence electrons. The van der Waals surface area contributed by atoms with Crippen molar-refractivity contribution < 1.29 is 9.50 Å². The lowest BCUT2D eigenvalue weighted by atomic mass is 10.0. The summed E-state index contributed by atoms with van der Waals surface area (Å²) < 4.78 is 12.8. The molecule has 0 spiro atoms. The van der Waals surface area contributed by atoms with E-state index in [1.165, 1.54) is 12.1 Å². The molecule has 0 amide bonds. The number of thioether (sulfide) groups is 1. The molecular formula is C11H15FOS. The highest BCUT2D eigenvalue weighted by Crippen LogP contribution is 2.21. The first-order valence-corrected chi connectivity index (χ1v) is 5.82. The van der Waals surface area contributed by atoms with Crippen LogP contribution in [0.4, 0.5) is 4.39 Å². The highest BCUT2D eigenvalue weighted by molar-refractivity contribution is 7.99. The molecule has 0 aromatic heterocycles. The van der Waals surface area contributed by atoms with Crippen LogP contribution in [0.15, 0.2) is 18.2 Å². The highest BCUT2D eigenvalue weighted by atomic mass is 32.2. The van der Waals surface area contributed by atoms with E-state index in [-0.39, 0.29) is 5.82 Å². The molecule has 1 atom stereocenters. The van der Waals surface area contributed by atoms with Crippen molar-refractivity contribution in [2.75, 3.05) is 11.5 Å². The maximum atomic E-state index is 12.8. The molecule has 14 heavy (non-hydrogen) atoms. The number of benzene rings is 1. The topological polar surface area (TPSA) is 20.2 Å². The summed E-state index contributed by atoms with van der Waals surface area (Å²) in [6.45, 7) is 3.87. The Balaban J connectivity index is 2.74. The van der Waals surface area contributed by atoms with E-state index >= 15 is 0 Å². The zero-order chi connectivity index (χ0) is 10.6. The fourth-order valence-electron chi connectivity index (χ4n) is 1.33. The number of rotatable bonds is 4. The zero-order valence-electron chi connectivity index (χ0n) is 8.46. The number of hydrogen-bond acceptors (Lipinski definition) is 2. The Bertz CT molecular complexity index is 301. The van der Waals surface area contributed by atoms with E-state index < -0.39 is 6.10 Å². The van der Waals surface area contributed by atoms with Gasteiger partial charge in [0.25, 0.3) is 0 Å². The van der Waals surface area contributed by atoms with Crippen LogP contribution < -0.4 is 0 Å². The smallest absolute Gasteiger partial charge is 0.123 e. The summed E-state index contributed by atoms with van der Waals surface area (Å²) in [6, 6.07) is 4.50. The van der Waals surface area contributed by atoms with Gasteiger partial charge in [-0.2, -0.15) is 11.8 Å². The molecule has 0 aliphatic rings. The molecule has 0 fully saturated rings. The van der Waals surface area contributed by atoms with Crippen molar-refractivity contribution in [3.05, 3.63) is 35.1 Å². The summed E-state index contributed by atoms with van der Waals surface area (Å²) in [5.74, 6) is 1.40. The lowest BCUT2D eigenvalue weighted by Gasteiger charge is -2.12. The van der Waals surface area contributed by atoms with Gasteiger partial charge in [0.2, 0.25) is 0 Å². The van der Waals surface area contributed by atoms with Crippen LogP contribution in [0.5, 0.6) is 0 Å². The monoisotopic (exact) mass is 214 g/mol. The molecule has 0 saturated carbocycles. The minimum absolute atomic E-state index is 0.249. The van der Waals surface area contributed by atoms with Gasteiger partial charge in [-0.1, -0.05) is 13.0 Å². The van der Waals surface area contributed by atoms with Crippen molar-refractivity contribution in [3.63, 3.8) is 0 Å². The van der Waals surface area contributed by atoms with Crippen molar-refractivity contribution in [1.29, 1.82) is 0 Å². The van der Waals surface area contributed by atoms with Gasteiger partial charge in [-0.3, -0.25) is 0 Å². The molecular weight excluding hydrogens is 199 g/mol. The second kappa shape index (κ2) is 5.37.